The summed E-state index contributed by atoms with van der Waals surface area (Å²) < 4.78 is 87.1. The van der Waals surface area contributed by atoms with E-state index in [9.17, 15) is 36.2 Å². The molecule has 11 heteroatoms. The molecule has 0 saturated carbocycles. The molecule has 1 aliphatic rings. The minimum absolute atomic E-state index is 0. The molecule has 1 heterocycles. The summed E-state index contributed by atoms with van der Waals surface area (Å²) in [7, 11) is 0. The molecular weight excluding hydrogens is 499 g/mol. The first kappa shape index (κ1) is 27.8. The van der Waals surface area contributed by atoms with Crippen LogP contribution in [0.3, 0.4) is 0 Å². The molecule has 0 N–H and O–H groups in total. The maximum Gasteiger partial charge on any atom is 1.00 e. The quantitative estimate of drug-likeness (QED) is 0.374. The second-order valence-corrected chi connectivity index (χ2v) is 7.93. The third kappa shape index (κ3) is 6.11. The van der Waals surface area contributed by atoms with Gasteiger partial charge in [-0.25, -0.2) is 18.2 Å². The molecule has 1 aromatic heterocycles. The number of alkyl halides is 3. The van der Waals surface area contributed by atoms with Crippen LogP contribution in [0.2, 0.25) is 0 Å². The molecule has 4 nitrogen and oxygen atoms in total. The van der Waals surface area contributed by atoms with Crippen molar-refractivity contribution < 1.29 is 70.5 Å². The van der Waals surface area contributed by atoms with Gasteiger partial charge in [-0.1, -0.05) is 0 Å². The van der Waals surface area contributed by atoms with Gasteiger partial charge >= 0.3 is 35.7 Å². The number of allylic oxidation sites excluding steroid dienone is 2. The smallest absolute Gasteiger partial charge is 0.545 e. The van der Waals surface area contributed by atoms with Crippen molar-refractivity contribution in [2.75, 3.05) is 0 Å². The van der Waals surface area contributed by atoms with Crippen molar-refractivity contribution in [3.05, 3.63) is 93.9 Å². The SMILES string of the molecule is O=C([O-])c1cc(F)cc(C2=C(c3cc(C(F)(F)F)cnc3OCc3ccc(F)cc3F)CCC2)c1.[Na+]. The van der Waals surface area contributed by atoms with Crippen molar-refractivity contribution in [3.63, 3.8) is 0 Å². The van der Waals surface area contributed by atoms with Crippen molar-refractivity contribution in [2.24, 2.45) is 0 Å². The van der Waals surface area contributed by atoms with Gasteiger partial charge in [0.25, 0.3) is 0 Å². The van der Waals surface area contributed by atoms with Crippen LogP contribution in [0.5, 0.6) is 5.88 Å². The normalized spacial score (nSPS) is 13.5. The third-order valence-electron chi connectivity index (χ3n) is 5.58. The molecule has 0 amide bonds. The Kier molecular flexibility index (Phi) is 8.53. The van der Waals surface area contributed by atoms with Gasteiger partial charge in [-0.3, -0.25) is 0 Å². The van der Waals surface area contributed by atoms with Crippen LogP contribution in [0.4, 0.5) is 26.3 Å². The molecular formula is C25H16F6NNaO3. The molecule has 4 rings (SSSR count). The van der Waals surface area contributed by atoms with Crippen LogP contribution in [-0.2, 0) is 12.8 Å². The molecule has 36 heavy (non-hydrogen) atoms. The first-order chi connectivity index (χ1) is 16.5. The van der Waals surface area contributed by atoms with E-state index in [0.29, 0.717) is 36.3 Å². The number of carbonyl (C=O) groups excluding carboxylic acids is 1. The number of ether oxygens (including phenoxy) is 1. The molecule has 0 aliphatic heterocycles. The Bertz CT molecular complexity index is 1340. The summed E-state index contributed by atoms with van der Waals surface area (Å²) in [6, 6.07) is 6.70. The summed E-state index contributed by atoms with van der Waals surface area (Å²) in [6.45, 7) is -0.436. The summed E-state index contributed by atoms with van der Waals surface area (Å²) in [5, 5.41) is 11.2. The average molecular weight is 515 g/mol. The van der Waals surface area contributed by atoms with E-state index in [1.54, 1.807) is 0 Å². The molecule has 0 saturated heterocycles. The van der Waals surface area contributed by atoms with Gasteiger partial charge in [0.05, 0.1) is 11.5 Å². The van der Waals surface area contributed by atoms with E-state index in [-0.39, 0.29) is 58.5 Å². The number of rotatable bonds is 6. The number of carboxylic acid groups (broad SMARTS) is 1. The number of aromatic carboxylic acids is 1. The van der Waals surface area contributed by atoms with Gasteiger partial charge in [0, 0.05) is 29.0 Å². The Labute approximate surface area is 223 Å². The molecule has 0 spiro atoms. The monoisotopic (exact) mass is 515 g/mol. The number of halogens is 6. The van der Waals surface area contributed by atoms with Crippen molar-refractivity contribution in [1.82, 2.24) is 4.98 Å². The van der Waals surface area contributed by atoms with E-state index in [1.807, 2.05) is 0 Å². The van der Waals surface area contributed by atoms with Crippen LogP contribution in [0, 0.1) is 17.5 Å². The number of nitrogens with zero attached hydrogens (tertiary/aromatic N) is 1. The van der Waals surface area contributed by atoms with Gasteiger partial charge in [0.15, 0.2) is 0 Å². The Morgan fingerprint density at radius 2 is 1.69 bits per heavy atom. The molecule has 0 unspecified atom stereocenters. The second-order valence-electron chi connectivity index (χ2n) is 7.93. The Morgan fingerprint density at radius 3 is 2.36 bits per heavy atom. The Hall–Kier alpha value is -2.82. The maximum atomic E-state index is 14.1. The number of hydrogen-bond donors (Lipinski definition) is 0. The standard InChI is InChI=1S/C25H17F6NO3.Na/c26-17-5-4-13(22(28)10-17)12-35-23-21(9-16(11-32-23)25(29,30)31)20-3-1-2-19(20)14-6-15(24(33)34)8-18(27)7-14;/h4-11H,1-3,12H2,(H,33,34);/q;+1/p-1. The molecule has 0 radical (unpaired) electrons. The molecule has 3 aromatic rings. The van der Waals surface area contributed by atoms with Gasteiger partial charge in [-0.2, -0.15) is 13.2 Å². The minimum Gasteiger partial charge on any atom is -0.545 e. The summed E-state index contributed by atoms with van der Waals surface area (Å²) in [5.41, 5.74) is -0.549. The predicted molar refractivity (Wildman–Crippen MR) is 111 cm³/mol. The Balaban J connectivity index is 0.00000361. The van der Waals surface area contributed by atoms with Gasteiger partial charge in [-0.15, -0.1) is 0 Å². The second kappa shape index (κ2) is 11.1. The van der Waals surface area contributed by atoms with E-state index in [4.69, 9.17) is 4.74 Å². The maximum absolute atomic E-state index is 14.1. The fourth-order valence-corrected chi connectivity index (χ4v) is 3.96. The summed E-state index contributed by atoms with van der Waals surface area (Å²) >= 11 is 0. The molecule has 0 bridgehead atoms. The zero-order valence-corrected chi connectivity index (χ0v) is 20.9. The van der Waals surface area contributed by atoms with Crippen LogP contribution in [0.25, 0.3) is 11.1 Å². The topological polar surface area (TPSA) is 62.2 Å². The zero-order chi connectivity index (χ0) is 25.3. The molecule has 182 valence electrons. The van der Waals surface area contributed by atoms with Crippen molar-refractivity contribution >= 4 is 17.1 Å². The number of aromatic nitrogens is 1. The predicted octanol–water partition coefficient (Wildman–Crippen LogP) is 2.56. The largest absolute Gasteiger partial charge is 1.00 e. The molecule has 1 aliphatic carbocycles. The summed E-state index contributed by atoms with van der Waals surface area (Å²) in [4.78, 5) is 15.0. The molecule has 0 fully saturated rings. The fourth-order valence-electron chi connectivity index (χ4n) is 3.96. The van der Waals surface area contributed by atoms with Gasteiger partial charge in [0.2, 0.25) is 5.88 Å². The first-order valence-electron chi connectivity index (χ1n) is 10.4. The van der Waals surface area contributed by atoms with Crippen LogP contribution >= 0.6 is 0 Å². The molecule has 0 atom stereocenters. The van der Waals surface area contributed by atoms with Gasteiger partial charge in [0.1, 0.15) is 24.1 Å². The number of carbonyl (C=O) groups is 1. The Morgan fingerprint density at radius 1 is 0.972 bits per heavy atom. The van der Waals surface area contributed by atoms with Crippen molar-refractivity contribution in [1.29, 1.82) is 0 Å². The van der Waals surface area contributed by atoms with Crippen LogP contribution in [0.15, 0.2) is 48.7 Å². The number of hydrogen-bond acceptors (Lipinski definition) is 4. The van der Waals surface area contributed by atoms with E-state index < -0.39 is 47.3 Å². The minimum atomic E-state index is -4.72. The summed E-state index contributed by atoms with van der Waals surface area (Å²) in [6.07, 6.45) is -3.01. The number of benzene rings is 2. The van der Waals surface area contributed by atoms with Gasteiger partial charge in [-0.05, 0) is 72.4 Å². The van der Waals surface area contributed by atoms with Crippen LogP contribution < -0.4 is 39.4 Å². The molecule has 2 aromatic carbocycles. The van der Waals surface area contributed by atoms with Crippen LogP contribution in [-0.4, -0.2) is 11.0 Å². The average Bonchev–Trinajstić information content (AvgIpc) is 3.27. The van der Waals surface area contributed by atoms with Gasteiger partial charge < -0.3 is 14.6 Å². The first-order valence-corrected chi connectivity index (χ1v) is 10.4. The summed E-state index contributed by atoms with van der Waals surface area (Å²) in [5.74, 6) is -4.37. The van der Waals surface area contributed by atoms with E-state index >= 15 is 0 Å². The van der Waals surface area contributed by atoms with Crippen LogP contribution in [0.1, 0.15) is 51.9 Å². The van der Waals surface area contributed by atoms with Crippen molar-refractivity contribution in [2.45, 2.75) is 32.0 Å². The number of carboxylic acids is 1. The fraction of sp³-hybridized carbons (Fsp3) is 0.200. The third-order valence-corrected chi connectivity index (χ3v) is 5.58. The zero-order valence-electron chi connectivity index (χ0n) is 18.9. The van der Waals surface area contributed by atoms with Crippen molar-refractivity contribution in [3.8, 4) is 5.88 Å². The van der Waals surface area contributed by atoms with E-state index in [1.165, 1.54) is 6.07 Å². The van der Waals surface area contributed by atoms with E-state index in [2.05, 4.69) is 4.98 Å². The van der Waals surface area contributed by atoms with E-state index in [0.717, 1.165) is 30.3 Å². The number of pyridine rings is 1.